The highest BCUT2D eigenvalue weighted by Gasteiger charge is 2.50. The molecule has 2 amide bonds. The van der Waals surface area contributed by atoms with E-state index in [4.69, 9.17) is 0 Å². The molecular weight excluding hydrogens is 713 g/mol. The molecule has 6 heteroatoms. The van der Waals surface area contributed by atoms with E-state index in [0.29, 0.717) is 22.5 Å². The van der Waals surface area contributed by atoms with Gasteiger partial charge < -0.3 is 19.6 Å². The van der Waals surface area contributed by atoms with Crippen LogP contribution < -0.4 is 9.80 Å². The Labute approximate surface area is 343 Å². The minimum Gasteiger partial charge on any atom is -0.311 e. The van der Waals surface area contributed by atoms with Gasteiger partial charge in [0.05, 0.1) is 22.5 Å². The molecule has 2 heterocycles. The zero-order chi connectivity index (χ0) is 40.8. The van der Waals surface area contributed by atoms with Gasteiger partial charge in [-0.2, -0.15) is 0 Å². The lowest BCUT2D eigenvalue weighted by atomic mass is 10.0. The maximum atomic E-state index is 14.7. The smallest absolute Gasteiger partial charge is 0.261 e. The molecule has 58 heavy (non-hydrogen) atoms. The van der Waals surface area contributed by atoms with Crippen LogP contribution >= 0.6 is 0 Å². The summed E-state index contributed by atoms with van der Waals surface area (Å²) in [6, 6.07) is 50.2. The highest BCUT2D eigenvalue weighted by molar-refractivity contribution is 6.30. The molecule has 6 aromatic carbocycles. The number of amides is 2. The van der Waals surface area contributed by atoms with Crippen molar-refractivity contribution in [1.82, 2.24) is 9.80 Å². The lowest BCUT2D eigenvalue weighted by Gasteiger charge is -2.30. The summed E-state index contributed by atoms with van der Waals surface area (Å²) in [4.78, 5) is 37.5. The maximum absolute atomic E-state index is 14.7. The first-order chi connectivity index (χ1) is 27.9. The van der Waals surface area contributed by atoms with Gasteiger partial charge in [0, 0.05) is 46.2 Å². The number of carbonyl (C=O) groups is 2. The summed E-state index contributed by atoms with van der Waals surface area (Å²) in [7, 11) is 0. The Morgan fingerprint density at radius 1 is 0.345 bits per heavy atom. The molecule has 0 atom stereocenters. The molecule has 0 saturated heterocycles. The molecule has 290 valence electrons. The van der Waals surface area contributed by atoms with Crippen LogP contribution in [0.3, 0.4) is 0 Å². The Morgan fingerprint density at radius 2 is 0.552 bits per heavy atom. The second kappa shape index (κ2) is 15.4. The van der Waals surface area contributed by atoms with E-state index in [0.717, 1.165) is 45.3 Å². The number of hydrogen-bond acceptors (Lipinski definition) is 4. The van der Waals surface area contributed by atoms with Crippen LogP contribution in [0.2, 0.25) is 0 Å². The second-order valence-corrected chi connectivity index (χ2v) is 16.1. The summed E-state index contributed by atoms with van der Waals surface area (Å²) in [5.41, 5.74) is 14.8. The topological polar surface area (TPSA) is 47.1 Å². The van der Waals surface area contributed by atoms with Gasteiger partial charge in [-0.15, -0.1) is 0 Å². The SMILES string of the molecule is Cc1ccc(N(c2ccc(C)cc2)c2ccc(C3=C4C(=O)N(C(C)C)C(c5ccc(N(c6ccc(C)cc6)c6ccc(C)cc6)cc5)=C4C(=O)N3C(C)C)cc2)cc1. The van der Waals surface area contributed by atoms with Crippen molar-refractivity contribution in [3.63, 3.8) is 0 Å². The molecule has 6 nitrogen and oxygen atoms in total. The first kappa shape index (κ1) is 38.2. The van der Waals surface area contributed by atoms with Crippen LogP contribution in [0, 0.1) is 27.7 Å². The van der Waals surface area contributed by atoms with Crippen molar-refractivity contribution in [2.45, 2.75) is 67.5 Å². The molecule has 6 aromatic rings. The average Bonchev–Trinajstić information content (AvgIpc) is 3.70. The molecule has 0 radical (unpaired) electrons. The Hall–Kier alpha value is -6.66. The molecule has 0 bridgehead atoms. The van der Waals surface area contributed by atoms with Crippen LogP contribution in [0.5, 0.6) is 0 Å². The Morgan fingerprint density at radius 3 is 0.759 bits per heavy atom. The summed E-state index contributed by atoms with van der Waals surface area (Å²) in [6.07, 6.45) is 0. The van der Waals surface area contributed by atoms with Gasteiger partial charge in [0.2, 0.25) is 0 Å². The predicted molar refractivity (Wildman–Crippen MR) is 239 cm³/mol. The van der Waals surface area contributed by atoms with E-state index in [9.17, 15) is 9.59 Å². The number of benzene rings is 6. The number of carbonyl (C=O) groups excluding carboxylic acids is 2. The van der Waals surface area contributed by atoms with Crippen LogP contribution in [0.15, 0.2) is 157 Å². The fraction of sp³-hybridized carbons (Fsp3) is 0.192. The highest BCUT2D eigenvalue weighted by atomic mass is 16.2. The molecule has 0 aromatic heterocycles. The maximum Gasteiger partial charge on any atom is 0.261 e. The van der Waals surface area contributed by atoms with Gasteiger partial charge in [-0.1, -0.05) is 95.1 Å². The minimum absolute atomic E-state index is 0.151. The summed E-state index contributed by atoms with van der Waals surface area (Å²) in [5, 5.41) is 0. The molecular formula is C52H50N4O2. The third kappa shape index (κ3) is 6.89. The van der Waals surface area contributed by atoms with Gasteiger partial charge in [-0.05, 0) is 139 Å². The van der Waals surface area contributed by atoms with Gasteiger partial charge >= 0.3 is 0 Å². The van der Waals surface area contributed by atoms with E-state index in [1.54, 1.807) is 9.80 Å². The van der Waals surface area contributed by atoms with Crippen LogP contribution in [-0.2, 0) is 9.59 Å². The Kier molecular flexibility index (Phi) is 10.1. The van der Waals surface area contributed by atoms with Gasteiger partial charge in [0.15, 0.2) is 0 Å². The van der Waals surface area contributed by atoms with Crippen LogP contribution in [0.4, 0.5) is 34.1 Å². The number of nitrogens with zero attached hydrogens (tertiary/aromatic N) is 4. The van der Waals surface area contributed by atoms with Gasteiger partial charge in [-0.3, -0.25) is 9.59 Å². The number of fused-ring (bicyclic) bond motifs is 1. The first-order valence-electron chi connectivity index (χ1n) is 20.1. The van der Waals surface area contributed by atoms with Crippen molar-refractivity contribution in [3.8, 4) is 0 Å². The van der Waals surface area contributed by atoms with Gasteiger partial charge in [0.1, 0.15) is 0 Å². The van der Waals surface area contributed by atoms with Crippen molar-refractivity contribution >= 4 is 57.3 Å². The van der Waals surface area contributed by atoms with Crippen molar-refractivity contribution in [3.05, 3.63) is 190 Å². The monoisotopic (exact) mass is 762 g/mol. The first-order valence-corrected chi connectivity index (χ1v) is 20.1. The third-order valence-electron chi connectivity index (χ3n) is 11.1. The molecule has 0 unspecified atom stereocenters. The van der Waals surface area contributed by atoms with E-state index >= 15 is 0 Å². The summed E-state index contributed by atoms with van der Waals surface area (Å²) in [5.74, 6) is -0.303. The Bertz CT molecular complexity index is 2270. The lowest BCUT2D eigenvalue weighted by molar-refractivity contribution is -0.125. The highest BCUT2D eigenvalue weighted by Crippen LogP contribution is 2.49. The lowest BCUT2D eigenvalue weighted by Crippen LogP contribution is -2.36. The molecule has 0 N–H and O–H groups in total. The Balaban J connectivity index is 1.23. The minimum atomic E-state index is -0.175. The largest absolute Gasteiger partial charge is 0.311 e. The molecule has 2 aliphatic heterocycles. The van der Waals surface area contributed by atoms with Gasteiger partial charge in [0.25, 0.3) is 11.8 Å². The van der Waals surface area contributed by atoms with E-state index in [-0.39, 0.29) is 23.9 Å². The average molecular weight is 763 g/mol. The zero-order valence-corrected chi connectivity index (χ0v) is 34.6. The number of anilines is 6. The molecule has 0 aliphatic carbocycles. The summed E-state index contributed by atoms with van der Waals surface area (Å²) in [6.45, 7) is 16.4. The van der Waals surface area contributed by atoms with E-state index in [1.807, 2.05) is 52.0 Å². The summed E-state index contributed by atoms with van der Waals surface area (Å²) >= 11 is 0. The molecule has 0 spiro atoms. The van der Waals surface area contributed by atoms with E-state index in [1.165, 1.54) is 22.3 Å². The normalized spacial score (nSPS) is 14.0. The predicted octanol–water partition coefficient (Wildman–Crippen LogP) is 12.5. The van der Waals surface area contributed by atoms with Crippen molar-refractivity contribution in [1.29, 1.82) is 0 Å². The van der Waals surface area contributed by atoms with Crippen LogP contribution in [-0.4, -0.2) is 33.7 Å². The number of aryl methyl sites for hydroxylation is 4. The van der Waals surface area contributed by atoms with Crippen LogP contribution in [0.25, 0.3) is 11.4 Å². The zero-order valence-electron chi connectivity index (χ0n) is 34.6. The van der Waals surface area contributed by atoms with Gasteiger partial charge in [-0.25, -0.2) is 0 Å². The van der Waals surface area contributed by atoms with Crippen LogP contribution in [0.1, 0.15) is 61.1 Å². The van der Waals surface area contributed by atoms with Crippen molar-refractivity contribution in [2.75, 3.05) is 9.80 Å². The van der Waals surface area contributed by atoms with Crippen molar-refractivity contribution < 1.29 is 9.59 Å². The standard InChI is InChI=1S/C52H50N4O2/c1-33(2)53-49(39-17-29-45(30-18-39)55(41-21-9-35(5)10-22-41)42-23-11-36(6)12-24-42)47-48(51(53)57)50(54(34(3)4)52(47)58)40-19-31-46(32-20-40)56(43-25-13-37(7)14-26-43)44-27-15-38(8)16-28-44/h9-34H,1-8H3. The third-order valence-corrected chi connectivity index (χ3v) is 11.1. The molecule has 8 rings (SSSR count). The molecule has 2 aliphatic rings. The quantitative estimate of drug-likeness (QED) is 0.139. The van der Waals surface area contributed by atoms with Crippen molar-refractivity contribution in [2.24, 2.45) is 0 Å². The number of hydrogen-bond donors (Lipinski definition) is 0. The molecule has 0 saturated carbocycles. The molecule has 0 fully saturated rings. The summed E-state index contributed by atoms with van der Waals surface area (Å²) < 4.78 is 0. The van der Waals surface area contributed by atoms with E-state index in [2.05, 4.69) is 159 Å². The fourth-order valence-electron chi connectivity index (χ4n) is 8.10. The number of rotatable bonds is 10. The second-order valence-electron chi connectivity index (χ2n) is 16.1. The fourth-order valence-corrected chi connectivity index (χ4v) is 8.10. The van der Waals surface area contributed by atoms with E-state index < -0.39 is 0 Å².